The summed E-state index contributed by atoms with van der Waals surface area (Å²) in [6, 6.07) is 11.5. The summed E-state index contributed by atoms with van der Waals surface area (Å²) in [7, 11) is 0. The van der Waals surface area contributed by atoms with Crippen LogP contribution in [0.1, 0.15) is 27.0 Å². The smallest absolute Gasteiger partial charge is 0.258 e. The number of nitrogens with one attached hydrogen (secondary N) is 2. The molecule has 0 bridgehead atoms. The van der Waals surface area contributed by atoms with Crippen LogP contribution in [0.15, 0.2) is 48.8 Å². The topological polar surface area (TPSA) is 66.9 Å². The summed E-state index contributed by atoms with van der Waals surface area (Å²) >= 11 is 5.98. The molecule has 1 heterocycles. The van der Waals surface area contributed by atoms with Crippen molar-refractivity contribution in [3.8, 4) is 0 Å². The van der Waals surface area contributed by atoms with Gasteiger partial charge in [0.05, 0.1) is 5.56 Å². The number of hydrogen-bond donors (Lipinski definition) is 2. The Balaban J connectivity index is 1.72. The number of amides is 1. The zero-order valence-corrected chi connectivity index (χ0v) is 15.6. The lowest BCUT2D eigenvalue weighted by Gasteiger charge is -2.10. The van der Waals surface area contributed by atoms with Gasteiger partial charge in [-0.25, -0.2) is 9.97 Å². The average Bonchev–Trinajstić information content (AvgIpc) is 2.58. The number of aromatic nitrogens is 2. The molecule has 0 atom stereocenters. The Morgan fingerprint density at radius 1 is 0.962 bits per heavy atom. The third-order valence-electron chi connectivity index (χ3n) is 3.84. The van der Waals surface area contributed by atoms with E-state index in [0.29, 0.717) is 22.2 Å². The van der Waals surface area contributed by atoms with E-state index in [4.69, 9.17) is 11.6 Å². The highest BCUT2D eigenvalue weighted by Crippen LogP contribution is 2.21. The van der Waals surface area contributed by atoms with Gasteiger partial charge in [0.1, 0.15) is 0 Å². The molecule has 0 unspecified atom stereocenters. The molecule has 5 nitrogen and oxygen atoms in total. The molecule has 0 fully saturated rings. The molecule has 0 aliphatic rings. The quantitative estimate of drug-likeness (QED) is 0.678. The summed E-state index contributed by atoms with van der Waals surface area (Å²) in [6.45, 7) is 5.97. The molecule has 0 saturated heterocycles. The first kappa shape index (κ1) is 17.9. The summed E-state index contributed by atoms with van der Waals surface area (Å²) in [5, 5.41) is 6.54. The van der Waals surface area contributed by atoms with Crippen molar-refractivity contribution >= 4 is 34.8 Å². The van der Waals surface area contributed by atoms with Crippen molar-refractivity contribution < 1.29 is 4.79 Å². The van der Waals surface area contributed by atoms with E-state index in [0.717, 1.165) is 22.4 Å². The number of rotatable bonds is 4. The normalized spacial score (nSPS) is 10.5. The van der Waals surface area contributed by atoms with Crippen LogP contribution in [-0.4, -0.2) is 15.9 Å². The lowest BCUT2D eigenvalue weighted by atomic mass is 10.1. The minimum atomic E-state index is -0.284. The van der Waals surface area contributed by atoms with Crippen molar-refractivity contribution in [3.63, 3.8) is 0 Å². The van der Waals surface area contributed by atoms with Crippen LogP contribution in [-0.2, 0) is 0 Å². The number of hydrogen-bond acceptors (Lipinski definition) is 4. The second-order valence-electron chi connectivity index (χ2n) is 6.21. The molecule has 2 aromatic carbocycles. The number of halogens is 1. The molecule has 0 saturated carbocycles. The molecule has 1 aromatic heterocycles. The Labute approximate surface area is 157 Å². The van der Waals surface area contributed by atoms with Gasteiger partial charge in [-0.1, -0.05) is 23.7 Å². The zero-order valence-electron chi connectivity index (χ0n) is 14.8. The second-order valence-corrected chi connectivity index (χ2v) is 6.65. The fourth-order valence-corrected chi connectivity index (χ4v) is 2.78. The number of aryl methyl sites for hydroxylation is 3. The highest BCUT2D eigenvalue weighted by Gasteiger charge is 2.10. The van der Waals surface area contributed by atoms with Gasteiger partial charge in [-0.05, 0) is 61.7 Å². The standard InChI is InChI=1S/C20H19ClN4O/c1-12-6-13(2)8-17(7-12)24-20-22-10-15(11-23-20)19(26)25-18-9-16(21)5-4-14(18)3/h4-11H,1-3H3,(H,25,26)(H,22,23,24). The van der Waals surface area contributed by atoms with Crippen LogP contribution in [0.5, 0.6) is 0 Å². The molecule has 3 rings (SSSR count). The van der Waals surface area contributed by atoms with Gasteiger partial charge in [-0.3, -0.25) is 4.79 Å². The maximum Gasteiger partial charge on any atom is 0.258 e. The number of benzene rings is 2. The maximum absolute atomic E-state index is 12.4. The molecular weight excluding hydrogens is 348 g/mol. The molecule has 0 aliphatic carbocycles. The molecular formula is C20H19ClN4O. The maximum atomic E-state index is 12.4. The summed E-state index contributed by atoms with van der Waals surface area (Å²) in [4.78, 5) is 20.8. The highest BCUT2D eigenvalue weighted by atomic mass is 35.5. The van der Waals surface area contributed by atoms with Crippen molar-refractivity contribution in [1.29, 1.82) is 0 Å². The van der Waals surface area contributed by atoms with Crippen molar-refractivity contribution in [2.24, 2.45) is 0 Å². The van der Waals surface area contributed by atoms with Gasteiger partial charge < -0.3 is 10.6 Å². The Morgan fingerprint density at radius 2 is 1.62 bits per heavy atom. The van der Waals surface area contributed by atoms with Crippen molar-refractivity contribution in [2.45, 2.75) is 20.8 Å². The first-order valence-corrected chi connectivity index (χ1v) is 8.53. The molecule has 2 N–H and O–H groups in total. The van der Waals surface area contributed by atoms with Crippen LogP contribution in [0.4, 0.5) is 17.3 Å². The SMILES string of the molecule is Cc1cc(C)cc(Nc2ncc(C(=O)Nc3cc(Cl)ccc3C)cn2)c1. The largest absolute Gasteiger partial charge is 0.324 e. The fraction of sp³-hybridized carbons (Fsp3) is 0.150. The van der Waals surface area contributed by atoms with Crippen LogP contribution in [0.25, 0.3) is 0 Å². The molecule has 6 heteroatoms. The summed E-state index contributed by atoms with van der Waals surface area (Å²) in [5.74, 6) is 0.152. The first-order chi connectivity index (χ1) is 12.4. The van der Waals surface area contributed by atoms with Gasteiger partial charge in [0.25, 0.3) is 5.91 Å². The van der Waals surface area contributed by atoms with E-state index in [1.807, 2.05) is 39.0 Å². The Hall–Kier alpha value is -2.92. The zero-order chi connectivity index (χ0) is 18.7. The number of anilines is 3. The minimum absolute atomic E-state index is 0.284. The molecule has 3 aromatic rings. The number of carbonyl (C=O) groups excluding carboxylic acids is 1. The lowest BCUT2D eigenvalue weighted by Crippen LogP contribution is -2.14. The monoisotopic (exact) mass is 366 g/mol. The van der Waals surface area contributed by atoms with Gasteiger partial charge >= 0.3 is 0 Å². The minimum Gasteiger partial charge on any atom is -0.324 e. The van der Waals surface area contributed by atoms with E-state index in [2.05, 4.69) is 26.7 Å². The van der Waals surface area contributed by atoms with E-state index in [1.165, 1.54) is 12.4 Å². The van der Waals surface area contributed by atoms with Crippen molar-refractivity contribution in [3.05, 3.63) is 76.1 Å². The highest BCUT2D eigenvalue weighted by molar-refractivity contribution is 6.31. The first-order valence-electron chi connectivity index (χ1n) is 8.15. The van der Waals surface area contributed by atoms with Crippen LogP contribution < -0.4 is 10.6 Å². The predicted octanol–water partition coefficient (Wildman–Crippen LogP) is 5.05. The molecule has 1 amide bonds. The third kappa shape index (κ3) is 4.37. The van der Waals surface area contributed by atoms with E-state index < -0.39 is 0 Å². The van der Waals surface area contributed by atoms with Gasteiger partial charge in [-0.2, -0.15) is 0 Å². The average molecular weight is 367 g/mol. The fourth-order valence-electron chi connectivity index (χ4n) is 2.61. The molecule has 26 heavy (non-hydrogen) atoms. The van der Waals surface area contributed by atoms with E-state index >= 15 is 0 Å². The van der Waals surface area contributed by atoms with Crippen LogP contribution >= 0.6 is 11.6 Å². The van der Waals surface area contributed by atoms with Gasteiger partial charge in [0.2, 0.25) is 5.95 Å². The lowest BCUT2D eigenvalue weighted by molar-refractivity contribution is 0.102. The van der Waals surface area contributed by atoms with Gasteiger partial charge in [0, 0.05) is 28.8 Å². The number of carbonyl (C=O) groups is 1. The third-order valence-corrected chi connectivity index (χ3v) is 4.07. The molecule has 132 valence electrons. The van der Waals surface area contributed by atoms with E-state index in [1.54, 1.807) is 12.1 Å². The van der Waals surface area contributed by atoms with Crippen LogP contribution in [0, 0.1) is 20.8 Å². The van der Waals surface area contributed by atoms with Crippen LogP contribution in [0.3, 0.4) is 0 Å². The van der Waals surface area contributed by atoms with E-state index in [9.17, 15) is 4.79 Å². The molecule has 0 aliphatic heterocycles. The van der Waals surface area contributed by atoms with Crippen molar-refractivity contribution in [1.82, 2.24) is 9.97 Å². The Bertz CT molecular complexity index is 934. The van der Waals surface area contributed by atoms with E-state index in [-0.39, 0.29) is 5.91 Å². The van der Waals surface area contributed by atoms with Crippen LogP contribution in [0.2, 0.25) is 5.02 Å². The number of nitrogens with zero attached hydrogens (tertiary/aromatic N) is 2. The Morgan fingerprint density at radius 3 is 2.27 bits per heavy atom. The molecule has 0 radical (unpaired) electrons. The summed E-state index contributed by atoms with van der Waals surface area (Å²) in [6.07, 6.45) is 2.99. The van der Waals surface area contributed by atoms with Crippen molar-refractivity contribution in [2.75, 3.05) is 10.6 Å². The molecule has 0 spiro atoms. The van der Waals surface area contributed by atoms with Gasteiger partial charge in [0.15, 0.2) is 0 Å². The second kappa shape index (κ2) is 7.54. The predicted molar refractivity (Wildman–Crippen MR) is 105 cm³/mol. The Kier molecular flexibility index (Phi) is 5.19. The summed E-state index contributed by atoms with van der Waals surface area (Å²) < 4.78 is 0. The van der Waals surface area contributed by atoms with Gasteiger partial charge in [-0.15, -0.1) is 0 Å². The summed E-state index contributed by atoms with van der Waals surface area (Å²) in [5.41, 5.74) is 5.18.